The number of non-ortho nitro benzene ring substituents is 1. The molecule has 1 aliphatic rings. The van der Waals surface area contributed by atoms with Gasteiger partial charge in [0.05, 0.1) is 16.7 Å². The predicted molar refractivity (Wildman–Crippen MR) is 112 cm³/mol. The number of aromatic hydroxyl groups is 1. The van der Waals surface area contributed by atoms with Crippen molar-refractivity contribution in [1.29, 1.82) is 0 Å². The molecule has 0 aliphatic carbocycles. The molecule has 11 heteroatoms. The van der Waals surface area contributed by atoms with E-state index in [2.05, 4.69) is 10.1 Å². The number of hydrogen-bond acceptors (Lipinski definition) is 7. The van der Waals surface area contributed by atoms with Crippen molar-refractivity contribution in [2.75, 3.05) is 0 Å². The third-order valence-electron chi connectivity index (χ3n) is 4.89. The SMILES string of the molecule is CCCCn1c(O)c(C2=NN(C(C)=O)C(c3cccc([N+](=O)[O-])c3)C2)c(=O)[nH]c1=S. The number of unbranched alkanes of at least 4 members (excludes halogenated alkanes) is 1. The van der Waals surface area contributed by atoms with Crippen LogP contribution in [0, 0.1) is 14.9 Å². The molecule has 0 saturated carbocycles. The van der Waals surface area contributed by atoms with Crippen molar-refractivity contribution < 1.29 is 14.8 Å². The Morgan fingerprint density at radius 3 is 2.83 bits per heavy atom. The average Bonchev–Trinajstić information content (AvgIpc) is 3.13. The summed E-state index contributed by atoms with van der Waals surface area (Å²) in [5.41, 5.74) is -0.0578. The van der Waals surface area contributed by atoms with E-state index in [0.29, 0.717) is 12.1 Å². The largest absolute Gasteiger partial charge is 0.494 e. The number of aromatic amines is 1. The molecule has 0 spiro atoms. The van der Waals surface area contributed by atoms with Gasteiger partial charge >= 0.3 is 0 Å². The highest BCUT2D eigenvalue weighted by atomic mass is 32.1. The number of rotatable bonds is 6. The Kier molecular flexibility index (Phi) is 6.11. The topological polar surface area (TPSA) is 134 Å². The lowest BCUT2D eigenvalue weighted by molar-refractivity contribution is -0.384. The quantitative estimate of drug-likeness (QED) is 0.410. The van der Waals surface area contributed by atoms with Gasteiger partial charge in [-0.1, -0.05) is 25.5 Å². The minimum Gasteiger partial charge on any atom is -0.494 e. The van der Waals surface area contributed by atoms with Gasteiger partial charge in [0.1, 0.15) is 5.56 Å². The fourth-order valence-electron chi connectivity index (χ4n) is 3.40. The highest BCUT2D eigenvalue weighted by Gasteiger charge is 2.34. The van der Waals surface area contributed by atoms with Crippen LogP contribution in [0.4, 0.5) is 5.69 Å². The van der Waals surface area contributed by atoms with Gasteiger partial charge in [0, 0.05) is 32.0 Å². The molecule has 1 aromatic carbocycles. The second-order valence-electron chi connectivity index (χ2n) is 6.95. The van der Waals surface area contributed by atoms with Crippen molar-refractivity contribution in [3.8, 4) is 5.88 Å². The molecule has 0 fully saturated rings. The average molecular weight is 431 g/mol. The molecule has 1 amide bonds. The van der Waals surface area contributed by atoms with Crippen LogP contribution in [0.15, 0.2) is 34.2 Å². The third-order valence-corrected chi connectivity index (χ3v) is 5.22. The van der Waals surface area contributed by atoms with Crippen molar-refractivity contribution in [3.05, 3.63) is 60.6 Å². The summed E-state index contributed by atoms with van der Waals surface area (Å²) in [7, 11) is 0. The molecule has 0 radical (unpaired) electrons. The van der Waals surface area contributed by atoms with E-state index in [9.17, 15) is 24.8 Å². The zero-order valence-electron chi connectivity index (χ0n) is 16.5. The third kappa shape index (κ3) is 4.01. The smallest absolute Gasteiger partial charge is 0.269 e. The first-order valence-electron chi connectivity index (χ1n) is 9.42. The summed E-state index contributed by atoms with van der Waals surface area (Å²) < 4.78 is 1.53. The maximum atomic E-state index is 12.6. The van der Waals surface area contributed by atoms with Gasteiger partial charge in [0.2, 0.25) is 11.8 Å². The van der Waals surface area contributed by atoms with E-state index in [0.717, 1.165) is 12.8 Å². The molecular formula is C19H21N5O5S. The molecule has 2 aromatic rings. The molecule has 158 valence electrons. The van der Waals surface area contributed by atoms with Crippen molar-refractivity contribution in [3.63, 3.8) is 0 Å². The summed E-state index contributed by atoms with van der Waals surface area (Å²) >= 11 is 5.16. The van der Waals surface area contributed by atoms with Gasteiger partial charge < -0.3 is 5.11 Å². The van der Waals surface area contributed by atoms with Crippen molar-refractivity contribution >= 4 is 29.5 Å². The Morgan fingerprint density at radius 1 is 1.47 bits per heavy atom. The van der Waals surface area contributed by atoms with Crippen LogP contribution in [-0.2, 0) is 11.3 Å². The number of aromatic nitrogens is 2. The zero-order chi connectivity index (χ0) is 22.0. The van der Waals surface area contributed by atoms with Crippen molar-refractivity contribution in [2.45, 2.75) is 45.7 Å². The van der Waals surface area contributed by atoms with Crippen LogP contribution in [0.3, 0.4) is 0 Å². The number of amides is 1. The summed E-state index contributed by atoms with van der Waals surface area (Å²) in [6.07, 6.45) is 1.72. The fourth-order valence-corrected chi connectivity index (χ4v) is 3.67. The molecule has 2 heterocycles. The van der Waals surface area contributed by atoms with Crippen LogP contribution in [0.2, 0.25) is 0 Å². The Labute approximate surface area is 176 Å². The minimum absolute atomic E-state index is 0.0566. The molecule has 10 nitrogen and oxygen atoms in total. The van der Waals surface area contributed by atoms with Crippen molar-refractivity contribution in [2.24, 2.45) is 5.10 Å². The Hall–Kier alpha value is -3.34. The van der Waals surface area contributed by atoms with E-state index in [1.54, 1.807) is 6.07 Å². The summed E-state index contributed by atoms with van der Waals surface area (Å²) in [5.74, 6) is -0.699. The van der Waals surface area contributed by atoms with Gasteiger partial charge in [-0.15, -0.1) is 0 Å². The molecule has 1 aromatic heterocycles. The van der Waals surface area contributed by atoms with Crippen LogP contribution in [0.1, 0.15) is 50.3 Å². The van der Waals surface area contributed by atoms with Gasteiger partial charge in [-0.3, -0.25) is 29.3 Å². The van der Waals surface area contributed by atoms with Gasteiger partial charge in [-0.25, -0.2) is 5.01 Å². The highest BCUT2D eigenvalue weighted by molar-refractivity contribution is 7.71. The summed E-state index contributed by atoms with van der Waals surface area (Å²) in [4.78, 5) is 37.9. The van der Waals surface area contributed by atoms with Crippen LogP contribution in [0.25, 0.3) is 0 Å². The standard InChI is InChI=1S/C19H21N5O5S/c1-3-4-8-22-18(27)16(17(26)20-19(22)30)14-10-15(23(21-14)11(2)25)12-6-5-7-13(9-12)24(28)29/h5-7,9,15,27H,3-4,8,10H2,1-2H3,(H,20,26,30). The number of benzene rings is 1. The number of nitro benzene ring substituents is 1. The first-order valence-corrected chi connectivity index (χ1v) is 9.83. The highest BCUT2D eigenvalue weighted by Crippen LogP contribution is 2.35. The van der Waals surface area contributed by atoms with Crippen LogP contribution in [0.5, 0.6) is 5.88 Å². The monoisotopic (exact) mass is 431 g/mol. The number of nitrogens with zero attached hydrogens (tertiary/aromatic N) is 4. The molecule has 1 aliphatic heterocycles. The summed E-state index contributed by atoms with van der Waals surface area (Å²) in [5, 5.41) is 27.3. The molecule has 0 saturated heterocycles. The molecular weight excluding hydrogens is 410 g/mol. The van der Waals surface area contributed by atoms with E-state index in [4.69, 9.17) is 12.2 Å². The van der Waals surface area contributed by atoms with Crippen LogP contribution in [-0.4, -0.2) is 36.2 Å². The second kappa shape index (κ2) is 8.57. The van der Waals surface area contributed by atoms with Crippen LogP contribution < -0.4 is 5.56 Å². The predicted octanol–water partition coefficient (Wildman–Crippen LogP) is 3.02. The second-order valence-corrected chi connectivity index (χ2v) is 7.33. The molecule has 2 N–H and O–H groups in total. The van der Waals surface area contributed by atoms with Crippen LogP contribution >= 0.6 is 12.2 Å². The van der Waals surface area contributed by atoms with Crippen molar-refractivity contribution in [1.82, 2.24) is 14.6 Å². The maximum absolute atomic E-state index is 12.6. The fraction of sp³-hybridized carbons (Fsp3) is 0.368. The molecule has 1 atom stereocenters. The Balaban J connectivity index is 2.07. The van der Waals surface area contributed by atoms with E-state index < -0.39 is 22.4 Å². The maximum Gasteiger partial charge on any atom is 0.269 e. The number of H-pyrrole nitrogens is 1. The molecule has 1 unspecified atom stereocenters. The lowest BCUT2D eigenvalue weighted by atomic mass is 9.98. The number of nitro groups is 1. The Morgan fingerprint density at radius 2 is 2.20 bits per heavy atom. The molecule has 30 heavy (non-hydrogen) atoms. The number of hydrazone groups is 1. The van der Waals surface area contributed by atoms with Gasteiger partial charge in [0.25, 0.3) is 11.2 Å². The van der Waals surface area contributed by atoms with E-state index in [1.807, 2.05) is 6.92 Å². The van der Waals surface area contributed by atoms with Gasteiger partial charge in [0.15, 0.2) is 4.77 Å². The minimum atomic E-state index is -0.636. The molecule has 3 rings (SSSR count). The zero-order valence-corrected chi connectivity index (χ0v) is 17.3. The summed E-state index contributed by atoms with van der Waals surface area (Å²) in [6, 6.07) is 5.27. The number of carbonyl (C=O) groups excluding carboxylic acids is 1. The van der Waals surface area contributed by atoms with E-state index in [1.165, 1.54) is 34.7 Å². The van der Waals surface area contributed by atoms with E-state index in [-0.39, 0.29) is 34.0 Å². The first-order chi connectivity index (χ1) is 14.2. The number of hydrogen-bond donors (Lipinski definition) is 2. The van der Waals surface area contributed by atoms with Gasteiger partial charge in [-0.2, -0.15) is 5.10 Å². The van der Waals surface area contributed by atoms with Gasteiger partial charge in [-0.05, 0) is 24.2 Å². The van der Waals surface area contributed by atoms with E-state index >= 15 is 0 Å². The summed E-state index contributed by atoms with van der Waals surface area (Å²) in [6.45, 7) is 3.72. The molecule has 0 bridgehead atoms. The number of nitrogens with one attached hydrogen (secondary N) is 1. The lowest BCUT2D eigenvalue weighted by Gasteiger charge is -2.20. The lowest BCUT2D eigenvalue weighted by Crippen LogP contribution is -2.24. The first kappa shape index (κ1) is 21.4. The number of carbonyl (C=O) groups is 1. The Bertz CT molecular complexity index is 1150. The normalized spacial score (nSPS) is 15.9.